The minimum atomic E-state index is -0.559. The van der Waals surface area contributed by atoms with Crippen LogP contribution >= 0.6 is 0 Å². The number of furan rings is 1. The molecule has 4 rings (SSSR count). The first-order valence-corrected chi connectivity index (χ1v) is 7.07. The summed E-state index contributed by atoms with van der Waals surface area (Å²) < 4.78 is 10.0. The van der Waals surface area contributed by atoms with Gasteiger partial charge in [0.05, 0.1) is 7.11 Å². The molecule has 102 valence electrons. The molecule has 4 heteroatoms. The van der Waals surface area contributed by atoms with Crippen LogP contribution in [0, 0.1) is 29.6 Å². The van der Waals surface area contributed by atoms with Crippen LogP contribution < -0.4 is 0 Å². The fraction of sp³-hybridized carbons (Fsp3) is 0.667. The van der Waals surface area contributed by atoms with E-state index in [1.54, 1.807) is 12.1 Å². The van der Waals surface area contributed by atoms with E-state index in [9.17, 15) is 9.90 Å². The van der Waals surface area contributed by atoms with Crippen LogP contribution in [0.1, 0.15) is 41.7 Å². The third-order valence-electron chi connectivity index (χ3n) is 5.46. The van der Waals surface area contributed by atoms with Crippen molar-refractivity contribution in [2.24, 2.45) is 29.6 Å². The summed E-state index contributed by atoms with van der Waals surface area (Å²) in [6, 6.07) is 3.28. The van der Waals surface area contributed by atoms with Gasteiger partial charge in [0.2, 0.25) is 5.76 Å². The van der Waals surface area contributed by atoms with Crippen molar-refractivity contribution in [3.63, 3.8) is 0 Å². The van der Waals surface area contributed by atoms with Gasteiger partial charge in [-0.25, -0.2) is 4.79 Å². The van der Waals surface area contributed by atoms with Gasteiger partial charge in [0.25, 0.3) is 0 Å². The molecule has 5 unspecified atom stereocenters. The van der Waals surface area contributed by atoms with Crippen molar-refractivity contribution in [3.05, 3.63) is 23.7 Å². The van der Waals surface area contributed by atoms with E-state index >= 15 is 0 Å². The second kappa shape index (κ2) is 3.85. The zero-order valence-corrected chi connectivity index (χ0v) is 10.9. The van der Waals surface area contributed by atoms with Gasteiger partial charge in [-0.15, -0.1) is 0 Å². The van der Waals surface area contributed by atoms with Gasteiger partial charge in [-0.3, -0.25) is 0 Å². The maximum Gasteiger partial charge on any atom is 0.373 e. The zero-order valence-electron chi connectivity index (χ0n) is 10.9. The Hall–Kier alpha value is -1.29. The largest absolute Gasteiger partial charge is 0.463 e. The fourth-order valence-corrected chi connectivity index (χ4v) is 4.73. The predicted octanol–water partition coefficient (Wildman–Crippen LogP) is 2.39. The number of esters is 1. The van der Waals surface area contributed by atoms with Crippen LogP contribution in [0.3, 0.4) is 0 Å². The van der Waals surface area contributed by atoms with E-state index in [-0.39, 0.29) is 5.76 Å². The molecule has 3 fully saturated rings. The van der Waals surface area contributed by atoms with Crippen LogP contribution in [0.2, 0.25) is 0 Å². The van der Waals surface area contributed by atoms with Gasteiger partial charge < -0.3 is 14.3 Å². The average Bonchev–Trinajstić information content (AvgIpc) is 2.83. The highest BCUT2D eigenvalue weighted by Gasteiger charge is 2.67. The van der Waals surface area contributed by atoms with Crippen LogP contribution in [0.4, 0.5) is 0 Å². The highest BCUT2D eigenvalue weighted by Crippen LogP contribution is 2.72. The molecule has 1 N–H and O–H groups in total. The SMILES string of the molecule is COC(=O)c1ccc(C(O)C2C3C4CCC(C4)C32)o1. The van der Waals surface area contributed by atoms with Crippen LogP contribution in [0.15, 0.2) is 16.5 Å². The number of hydrogen-bond donors (Lipinski definition) is 1. The van der Waals surface area contributed by atoms with Crippen molar-refractivity contribution >= 4 is 5.97 Å². The van der Waals surface area contributed by atoms with Gasteiger partial charge in [0.15, 0.2) is 0 Å². The number of fused-ring (bicyclic) bond motifs is 5. The lowest BCUT2D eigenvalue weighted by Gasteiger charge is -2.12. The molecular formula is C15H18O4. The van der Waals surface area contributed by atoms with Crippen molar-refractivity contribution in [2.75, 3.05) is 7.11 Å². The maximum atomic E-state index is 11.3. The Morgan fingerprint density at radius 2 is 2.05 bits per heavy atom. The van der Waals surface area contributed by atoms with E-state index in [2.05, 4.69) is 4.74 Å². The molecule has 0 aliphatic heterocycles. The number of carbonyl (C=O) groups excluding carboxylic acids is 1. The molecule has 3 aliphatic rings. The average molecular weight is 262 g/mol. The first-order valence-electron chi connectivity index (χ1n) is 7.07. The van der Waals surface area contributed by atoms with Gasteiger partial charge in [-0.05, 0) is 61.0 Å². The summed E-state index contributed by atoms with van der Waals surface area (Å²) >= 11 is 0. The molecule has 4 nitrogen and oxygen atoms in total. The molecule has 1 aromatic heterocycles. The summed E-state index contributed by atoms with van der Waals surface area (Å²) in [5.41, 5.74) is 0. The van der Waals surface area contributed by atoms with Crippen LogP contribution in [0.25, 0.3) is 0 Å². The molecule has 3 aliphatic carbocycles. The third-order valence-corrected chi connectivity index (χ3v) is 5.46. The molecule has 5 atom stereocenters. The van der Waals surface area contributed by atoms with E-state index in [4.69, 9.17) is 4.42 Å². The number of ether oxygens (including phenoxy) is 1. The van der Waals surface area contributed by atoms with Crippen LogP contribution in [0.5, 0.6) is 0 Å². The highest BCUT2D eigenvalue weighted by molar-refractivity contribution is 5.86. The number of aliphatic hydroxyl groups excluding tert-OH is 1. The lowest BCUT2D eigenvalue weighted by atomic mass is 9.98. The Bertz CT molecular complexity index is 504. The molecular weight excluding hydrogens is 244 g/mol. The van der Waals surface area contributed by atoms with E-state index in [1.165, 1.54) is 26.4 Å². The van der Waals surface area contributed by atoms with Crippen molar-refractivity contribution in [3.8, 4) is 0 Å². The molecule has 0 amide bonds. The van der Waals surface area contributed by atoms with Crippen molar-refractivity contribution in [2.45, 2.75) is 25.4 Å². The monoisotopic (exact) mass is 262 g/mol. The van der Waals surface area contributed by atoms with Crippen molar-refractivity contribution < 1.29 is 19.1 Å². The number of rotatable bonds is 3. The second-order valence-corrected chi connectivity index (χ2v) is 6.20. The number of hydrogen-bond acceptors (Lipinski definition) is 4. The molecule has 2 bridgehead atoms. The van der Waals surface area contributed by atoms with E-state index in [0.29, 0.717) is 23.5 Å². The first-order chi connectivity index (χ1) is 9.20. The van der Waals surface area contributed by atoms with E-state index in [0.717, 1.165) is 11.8 Å². The summed E-state index contributed by atoms with van der Waals surface area (Å²) in [6.07, 6.45) is 3.47. The Morgan fingerprint density at radius 3 is 2.68 bits per heavy atom. The van der Waals surface area contributed by atoms with Gasteiger partial charge in [-0.1, -0.05) is 0 Å². The topological polar surface area (TPSA) is 59.7 Å². The number of carbonyl (C=O) groups is 1. The molecule has 19 heavy (non-hydrogen) atoms. The molecule has 1 aromatic rings. The standard InChI is InChI=1S/C15H18O4/c1-18-15(17)10-5-4-9(19-10)14(16)13-11-7-2-3-8(6-7)12(11)13/h4-5,7-8,11-14,16H,2-3,6H2,1H3. The quantitative estimate of drug-likeness (QED) is 0.850. The first kappa shape index (κ1) is 11.5. The number of methoxy groups -OCH3 is 1. The summed E-state index contributed by atoms with van der Waals surface area (Å²) in [6.45, 7) is 0. The Morgan fingerprint density at radius 1 is 1.37 bits per heavy atom. The predicted molar refractivity (Wildman–Crippen MR) is 66.3 cm³/mol. The minimum Gasteiger partial charge on any atom is -0.463 e. The summed E-state index contributed by atoms with van der Waals surface area (Å²) in [5.74, 6) is 3.58. The molecule has 0 saturated heterocycles. The molecule has 3 saturated carbocycles. The fourth-order valence-electron chi connectivity index (χ4n) is 4.73. The summed E-state index contributed by atoms with van der Waals surface area (Å²) in [5, 5.41) is 10.5. The smallest absolute Gasteiger partial charge is 0.373 e. The van der Waals surface area contributed by atoms with E-state index in [1.807, 2.05) is 0 Å². The maximum absolute atomic E-state index is 11.3. The van der Waals surface area contributed by atoms with Gasteiger partial charge in [0, 0.05) is 0 Å². The lowest BCUT2D eigenvalue weighted by Crippen LogP contribution is -2.07. The zero-order chi connectivity index (χ0) is 13.1. The number of aliphatic hydroxyl groups is 1. The van der Waals surface area contributed by atoms with Gasteiger partial charge >= 0.3 is 5.97 Å². The van der Waals surface area contributed by atoms with Gasteiger partial charge in [-0.2, -0.15) is 0 Å². The molecule has 1 heterocycles. The van der Waals surface area contributed by atoms with Crippen LogP contribution in [-0.4, -0.2) is 18.2 Å². The van der Waals surface area contributed by atoms with Gasteiger partial charge in [0.1, 0.15) is 11.9 Å². The second-order valence-electron chi connectivity index (χ2n) is 6.20. The third kappa shape index (κ3) is 1.52. The summed E-state index contributed by atoms with van der Waals surface area (Å²) in [7, 11) is 1.32. The van der Waals surface area contributed by atoms with Crippen molar-refractivity contribution in [1.82, 2.24) is 0 Å². The molecule has 0 spiro atoms. The Labute approximate surface area is 111 Å². The lowest BCUT2D eigenvalue weighted by molar-refractivity contribution is 0.0547. The molecule has 0 aromatic carbocycles. The minimum absolute atomic E-state index is 0.172. The van der Waals surface area contributed by atoms with Crippen LogP contribution in [-0.2, 0) is 4.74 Å². The van der Waals surface area contributed by atoms with Crippen molar-refractivity contribution in [1.29, 1.82) is 0 Å². The normalized spacial score (nSPS) is 40.0. The highest BCUT2D eigenvalue weighted by atomic mass is 16.5. The molecule has 0 radical (unpaired) electrons. The Balaban J connectivity index is 1.51. The Kier molecular flexibility index (Phi) is 2.34. The summed E-state index contributed by atoms with van der Waals surface area (Å²) in [4.78, 5) is 11.3. The van der Waals surface area contributed by atoms with E-state index < -0.39 is 12.1 Å².